The third-order valence-electron chi connectivity index (χ3n) is 3.34. The molecule has 2 rings (SSSR count). The lowest BCUT2D eigenvalue weighted by Gasteiger charge is -2.17. The molecule has 1 aliphatic heterocycles. The summed E-state index contributed by atoms with van der Waals surface area (Å²) in [5, 5.41) is 2.82. The van der Waals surface area contributed by atoms with Crippen molar-refractivity contribution in [2.45, 2.75) is 12.8 Å². The van der Waals surface area contributed by atoms with Gasteiger partial charge in [0.2, 0.25) is 5.91 Å². The highest BCUT2D eigenvalue weighted by atomic mass is 16.5. The van der Waals surface area contributed by atoms with Crippen LogP contribution in [0.2, 0.25) is 0 Å². The Labute approximate surface area is 124 Å². The van der Waals surface area contributed by atoms with Crippen molar-refractivity contribution in [3.05, 3.63) is 23.8 Å². The molecule has 0 radical (unpaired) electrons. The van der Waals surface area contributed by atoms with E-state index in [9.17, 15) is 9.59 Å². The Morgan fingerprint density at radius 2 is 2.29 bits per heavy atom. The lowest BCUT2D eigenvalue weighted by atomic mass is 10.1. The minimum atomic E-state index is -0.168. The number of carbonyl (C=O) groups excluding carboxylic acids is 2. The summed E-state index contributed by atoms with van der Waals surface area (Å²) < 4.78 is 10.5. The minimum Gasteiger partial charge on any atom is -0.491 e. The Morgan fingerprint density at radius 3 is 3.05 bits per heavy atom. The number of carbonyl (C=O) groups is 2. The molecule has 0 saturated carbocycles. The molecule has 1 heterocycles. The van der Waals surface area contributed by atoms with Crippen molar-refractivity contribution in [2.24, 2.45) is 0 Å². The Morgan fingerprint density at radius 1 is 1.48 bits per heavy atom. The highest BCUT2D eigenvalue weighted by molar-refractivity contribution is 5.99. The smallest absolute Gasteiger partial charge is 0.251 e. The number of ether oxygens (including phenoxy) is 2. The van der Waals surface area contributed by atoms with Gasteiger partial charge in [-0.05, 0) is 24.6 Å². The molecule has 0 fully saturated rings. The molecule has 0 aliphatic carbocycles. The molecule has 21 heavy (non-hydrogen) atoms. The molecule has 1 N–H and O–H groups in total. The van der Waals surface area contributed by atoms with Crippen LogP contribution in [-0.2, 0) is 9.53 Å². The number of methoxy groups -OCH3 is 1. The fourth-order valence-corrected chi connectivity index (χ4v) is 2.11. The zero-order valence-corrected chi connectivity index (χ0v) is 12.3. The number of rotatable bonds is 5. The monoisotopic (exact) mass is 292 g/mol. The van der Waals surface area contributed by atoms with Crippen molar-refractivity contribution >= 4 is 17.5 Å². The van der Waals surface area contributed by atoms with Gasteiger partial charge < -0.3 is 19.7 Å². The van der Waals surface area contributed by atoms with E-state index >= 15 is 0 Å². The van der Waals surface area contributed by atoms with Crippen molar-refractivity contribution in [3.63, 3.8) is 0 Å². The van der Waals surface area contributed by atoms with Crippen LogP contribution in [0, 0.1) is 0 Å². The molecule has 0 saturated heterocycles. The SMILES string of the molecule is COCCCNC(=O)c1ccc2c(c1)N(C)C(=O)CCO2. The quantitative estimate of drug-likeness (QED) is 0.828. The van der Waals surface area contributed by atoms with Crippen molar-refractivity contribution in [1.29, 1.82) is 0 Å². The molecule has 6 nitrogen and oxygen atoms in total. The zero-order chi connectivity index (χ0) is 15.2. The van der Waals surface area contributed by atoms with E-state index in [1.54, 1.807) is 32.4 Å². The highest BCUT2D eigenvalue weighted by Crippen LogP contribution is 2.31. The number of hydrogen-bond donors (Lipinski definition) is 1. The molecule has 0 bridgehead atoms. The predicted octanol–water partition coefficient (Wildman–Crippen LogP) is 1.20. The van der Waals surface area contributed by atoms with Crippen LogP contribution in [0.5, 0.6) is 5.75 Å². The second kappa shape index (κ2) is 7.08. The average Bonchev–Trinajstić information content (AvgIpc) is 2.63. The first-order valence-corrected chi connectivity index (χ1v) is 6.94. The predicted molar refractivity (Wildman–Crippen MR) is 78.8 cm³/mol. The molecular formula is C15H20N2O4. The Kier molecular flexibility index (Phi) is 5.16. The number of amides is 2. The molecule has 0 atom stereocenters. The maximum Gasteiger partial charge on any atom is 0.251 e. The van der Waals surface area contributed by atoms with Gasteiger partial charge in [-0.15, -0.1) is 0 Å². The fourth-order valence-electron chi connectivity index (χ4n) is 2.11. The summed E-state index contributed by atoms with van der Waals surface area (Å²) >= 11 is 0. The summed E-state index contributed by atoms with van der Waals surface area (Å²) in [5.41, 5.74) is 1.14. The van der Waals surface area contributed by atoms with Crippen LogP contribution in [0.3, 0.4) is 0 Å². The van der Waals surface area contributed by atoms with Crippen LogP contribution in [0.4, 0.5) is 5.69 Å². The number of benzene rings is 1. The van der Waals surface area contributed by atoms with Gasteiger partial charge in [0.15, 0.2) is 0 Å². The van der Waals surface area contributed by atoms with Gasteiger partial charge in [-0.25, -0.2) is 0 Å². The molecule has 0 unspecified atom stereocenters. The number of nitrogens with one attached hydrogen (secondary N) is 1. The van der Waals surface area contributed by atoms with E-state index in [4.69, 9.17) is 9.47 Å². The lowest BCUT2D eigenvalue weighted by Crippen LogP contribution is -2.27. The second-order valence-corrected chi connectivity index (χ2v) is 4.84. The Bertz CT molecular complexity index is 530. The van der Waals surface area contributed by atoms with Crippen LogP contribution in [0.25, 0.3) is 0 Å². The Balaban J connectivity index is 2.10. The second-order valence-electron chi connectivity index (χ2n) is 4.84. The first-order valence-electron chi connectivity index (χ1n) is 6.94. The van der Waals surface area contributed by atoms with E-state index in [2.05, 4.69) is 5.32 Å². The topological polar surface area (TPSA) is 67.9 Å². The van der Waals surface area contributed by atoms with Gasteiger partial charge in [-0.3, -0.25) is 9.59 Å². The third kappa shape index (κ3) is 3.72. The minimum absolute atomic E-state index is 0.0218. The normalized spacial score (nSPS) is 14.2. The number of anilines is 1. The van der Waals surface area contributed by atoms with Crippen molar-refractivity contribution < 1.29 is 19.1 Å². The molecule has 114 valence electrons. The Hall–Kier alpha value is -2.08. The number of fused-ring (bicyclic) bond motifs is 1. The lowest BCUT2D eigenvalue weighted by molar-refractivity contribution is -0.118. The number of hydrogen-bond acceptors (Lipinski definition) is 4. The molecular weight excluding hydrogens is 272 g/mol. The van der Waals surface area contributed by atoms with Crippen LogP contribution in [0.1, 0.15) is 23.2 Å². The molecule has 1 aromatic carbocycles. The van der Waals surface area contributed by atoms with Crippen LogP contribution < -0.4 is 15.0 Å². The third-order valence-corrected chi connectivity index (χ3v) is 3.34. The summed E-state index contributed by atoms with van der Waals surface area (Å²) in [6.45, 7) is 1.52. The highest BCUT2D eigenvalue weighted by Gasteiger charge is 2.21. The van der Waals surface area contributed by atoms with Crippen molar-refractivity contribution in [3.8, 4) is 5.75 Å². The first-order chi connectivity index (χ1) is 10.1. The van der Waals surface area contributed by atoms with E-state index in [1.165, 1.54) is 4.90 Å². The van der Waals surface area contributed by atoms with Gasteiger partial charge in [-0.2, -0.15) is 0 Å². The van der Waals surface area contributed by atoms with Crippen molar-refractivity contribution in [2.75, 3.05) is 38.8 Å². The molecule has 2 amide bonds. The maximum atomic E-state index is 12.1. The molecule has 0 aromatic heterocycles. The summed E-state index contributed by atoms with van der Waals surface area (Å²) in [5.74, 6) is 0.435. The largest absolute Gasteiger partial charge is 0.491 e. The summed E-state index contributed by atoms with van der Waals surface area (Å²) in [6, 6.07) is 5.12. The van der Waals surface area contributed by atoms with Crippen LogP contribution in [0.15, 0.2) is 18.2 Å². The van der Waals surface area contributed by atoms with Gasteiger partial charge in [0.05, 0.1) is 18.7 Å². The average molecular weight is 292 g/mol. The van der Waals surface area contributed by atoms with Crippen LogP contribution >= 0.6 is 0 Å². The van der Waals surface area contributed by atoms with Gasteiger partial charge in [0, 0.05) is 32.9 Å². The van der Waals surface area contributed by atoms with E-state index in [0.29, 0.717) is 43.2 Å². The standard InChI is InChI=1S/C15H20N2O4/c1-17-12-10-11(15(19)16-7-3-8-20-2)4-5-13(12)21-9-6-14(17)18/h4-5,10H,3,6-9H2,1-2H3,(H,16,19). The summed E-state index contributed by atoms with van der Waals surface area (Å²) in [4.78, 5) is 25.4. The van der Waals surface area contributed by atoms with E-state index in [1.807, 2.05) is 0 Å². The first kappa shape index (κ1) is 15.3. The summed E-state index contributed by atoms with van der Waals surface area (Å²) in [7, 11) is 3.32. The van der Waals surface area contributed by atoms with E-state index in [-0.39, 0.29) is 11.8 Å². The van der Waals surface area contributed by atoms with Crippen molar-refractivity contribution in [1.82, 2.24) is 5.32 Å². The molecule has 6 heteroatoms. The molecule has 1 aliphatic rings. The zero-order valence-electron chi connectivity index (χ0n) is 12.3. The fraction of sp³-hybridized carbons (Fsp3) is 0.467. The maximum absolute atomic E-state index is 12.1. The van der Waals surface area contributed by atoms with E-state index < -0.39 is 0 Å². The molecule has 0 spiro atoms. The number of nitrogens with zero attached hydrogens (tertiary/aromatic N) is 1. The van der Waals surface area contributed by atoms with Gasteiger partial charge in [0.1, 0.15) is 5.75 Å². The van der Waals surface area contributed by atoms with Gasteiger partial charge >= 0.3 is 0 Å². The van der Waals surface area contributed by atoms with Gasteiger partial charge in [0.25, 0.3) is 5.91 Å². The summed E-state index contributed by atoms with van der Waals surface area (Å²) in [6.07, 6.45) is 1.10. The van der Waals surface area contributed by atoms with Crippen LogP contribution in [-0.4, -0.2) is 45.7 Å². The van der Waals surface area contributed by atoms with E-state index in [0.717, 1.165) is 6.42 Å². The van der Waals surface area contributed by atoms with Gasteiger partial charge in [-0.1, -0.05) is 0 Å². The molecule has 1 aromatic rings.